The first-order chi connectivity index (χ1) is 6.12. The van der Waals surface area contributed by atoms with Crippen molar-refractivity contribution < 1.29 is 23.8 Å². The molecule has 0 N–H and O–H groups in total. The van der Waals surface area contributed by atoms with E-state index in [2.05, 4.69) is 4.74 Å². The summed E-state index contributed by atoms with van der Waals surface area (Å²) in [5, 5.41) is 0. The fourth-order valence-electron chi connectivity index (χ4n) is 1.61. The molecule has 0 spiro atoms. The molecule has 5 heteroatoms. The molecule has 2 saturated heterocycles. The molecule has 2 heterocycles. The Morgan fingerprint density at radius 1 is 1.31 bits per heavy atom. The van der Waals surface area contributed by atoms with Crippen molar-refractivity contribution in [3.8, 4) is 0 Å². The Bertz CT molecular complexity index is 253. The van der Waals surface area contributed by atoms with Crippen LogP contribution in [0.25, 0.3) is 0 Å². The Morgan fingerprint density at radius 3 is 2.38 bits per heavy atom. The van der Waals surface area contributed by atoms with Crippen LogP contribution in [0.2, 0.25) is 0 Å². The zero-order valence-electron chi connectivity index (χ0n) is 7.24. The van der Waals surface area contributed by atoms with Gasteiger partial charge in [0.25, 0.3) is 0 Å². The molecule has 5 nitrogen and oxygen atoms in total. The highest BCUT2D eigenvalue weighted by molar-refractivity contribution is 5.95. The first-order valence-corrected chi connectivity index (χ1v) is 4.14. The van der Waals surface area contributed by atoms with Gasteiger partial charge in [0.1, 0.15) is 5.92 Å². The molecule has 2 aliphatic heterocycles. The van der Waals surface area contributed by atoms with Gasteiger partial charge in [-0.15, -0.1) is 0 Å². The van der Waals surface area contributed by atoms with Crippen molar-refractivity contribution >= 4 is 11.9 Å². The number of hydrogen-bond acceptors (Lipinski definition) is 5. The fraction of sp³-hybridized carbons (Fsp3) is 0.750. The highest BCUT2D eigenvalue weighted by Gasteiger charge is 2.50. The van der Waals surface area contributed by atoms with Crippen LogP contribution in [0.3, 0.4) is 0 Å². The molecule has 1 unspecified atom stereocenters. The van der Waals surface area contributed by atoms with Gasteiger partial charge in [-0.1, -0.05) is 0 Å². The second-order valence-electron chi connectivity index (χ2n) is 3.26. The Morgan fingerprint density at radius 2 is 1.92 bits per heavy atom. The molecular formula is C8H10O5. The smallest absolute Gasteiger partial charge is 0.322 e. The van der Waals surface area contributed by atoms with E-state index in [1.54, 1.807) is 6.92 Å². The summed E-state index contributed by atoms with van der Waals surface area (Å²) in [4.78, 5) is 22.0. The Kier molecular flexibility index (Phi) is 1.85. The molecule has 1 atom stereocenters. The Hall–Kier alpha value is -0.940. The van der Waals surface area contributed by atoms with Crippen molar-refractivity contribution in [2.24, 2.45) is 5.92 Å². The van der Waals surface area contributed by atoms with Gasteiger partial charge in [0.15, 0.2) is 5.79 Å². The lowest BCUT2D eigenvalue weighted by Gasteiger charge is -2.25. The second-order valence-corrected chi connectivity index (χ2v) is 3.26. The van der Waals surface area contributed by atoms with Crippen molar-refractivity contribution in [3.63, 3.8) is 0 Å². The molecule has 0 bridgehead atoms. The Balaban J connectivity index is 2.16. The average molecular weight is 186 g/mol. The molecule has 2 fully saturated rings. The SMILES string of the molecule is CC1(C2CC(=O)OC2=O)OCCO1. The lowest BCUT2D eigenvalue weighted by Crippen LogP contribution is -2.38. The number of carbonyl (C=O) groups is 2. The minimum Gasteiger partial charge on any atom is -0.393 e. The number of ether oxygens (including phenoxy) is 3. The lowest BCUT2D eigenvalue weighted by molar-refractivity contribution is -0.189. The summed E-state index contributed by atoms with van der Waals surface area (Å²) >= 11 is 0. The van der Waals surface area contributed by atoms with Gasteiger partial charge < -0.3 is 14.2 Å². The zero-order valence-corrected chi connectivity index (χ0v) is 7.24. The first kappa shape index (κ1) is 8.65. The molecule has 13 heavy (non-hydrogen) atoms. The maximum absolute atomic E-state index is 11.2. The summed E-state index contributed by atoms with van der Waals surface area (Å²) in [5.74, 6) is -2.63. The van der Waals surface area contributed by atoms with Gasteiger partial charge in [0, 0.05) is 0 Å². The van der Waals surface area contributed by atoms with Crippen LogP contribution in [0.4, 0.5) is 0 Å². The predicted molar refractivity (Wildman–Crippen MR) is 39.5 cm³/mol. The minimum absolute atomic E-state index is 0.0509. The van der Waals surface area contributed by atoms with E-state index in [1.165, 1.54) is 0 Å². The summed E-state index contributed by atoms with van der Waals surface area (Å²) < 4.78 is 14.9. The highest BCUT2D eigenvalue weighted by atomic mass is 16.7. The van der Waals surface area contributed by atoms with E-state index in [4.69, 9.17) is 9.47 Å². The lowest BCUT2D eigenvalue weighted by atomic mass is 9.98. The third-order valence-electron chi connectivity index (χ3n) is 2.36. The zero-order chi connectivity index (χ0) is 9.47. The average Bonchev–Trinajstić information content (AvgIpc) is 2.59. The maximum atomic E-state index is 11.2. The fourth-order valence-corrected chi connectivity index (χ4v) is 1.61. The summed E-state index contributed by atoms with van der Waals surface area (Å²) in [6.45, 7) is 2.56. The number of carbonyl (C=O) groups excluding carboxylic acids is 2. The molecule has 0 aromatic heterocycles. The van der Waals surface area contributed by atoms with E-state index in [0.29, 0.717) is 13.2 Å². The molecule has 0 saturated carbocycles. The summed E-state index contributed by atoms with van der Waals surface area (Å²) in [6, 6.07) is 0. The molecule has 0 amide bonds. The second kappa shape index (κ2) is 2.78. The first-order valence-electron chi connectivity index (χ1n) is 4.14. The van der Waals surface area contributed by atoms with E-state index >= 15 is 0 Å². The van der Waals surface area contributed by atoms with Crippen molar-refractivity contribution in [1.29, 1.82) is 0 Å². The van der Waals surface area contributed by atoms with Crippen LogP contribution in [0, 0.1) is 5.92 Å². The van der Waals surface area contributed by atoms with Crippen LogP contribution in [-0.4, -0.2) is 30.9 Å². The Labute approximate surface area is 74.9 Å². The summed E-state index contributed by atoms with van der Waals surface area (Å²) in [6.07, 6.45) is 0.0509. The van der Waals surface area contributed by atoms with Crippen LogP contribution < -0.4 is 0 Å². The topological polar surface area (TPSA) is 61.8 Å². The molecule has 2 rings (SSSR count). The van der Waals surface area contributed by atoms with Crippen LogP contribution in [0.15, 0.2) is 0 Å². The van der Waals surface area contributed by atoms with Gasteiger partial charge in [-0.2, -0.15) is 0 Å². The van der Waals surface area contributed by atoms with Crippen LogP contribution in [0.1, 0.15) is 13.3 Å². The number of rotatable bonds is 1. The number of hydrogen-bond donors (Lipinski definition) is 0. The van der Waals surface area contributed by atoms with Crippen molar-refractivity contribution in [3.05, 3.63) is 0 Å². The van der Waals surface area contributed by atoms with Crippen molar-refractivity contribution in [1.82, 2.24) is 0 Å². The summed E-state index contributed by atoms with van der Waals surface area (Å²) in [7, 11) is 0. The van der Waals surface area contributed by atoms with Gasteiger partial charge in [0.05, 0.1) is 19.6 Å². The van der Waals surface area contributed by atoms with E-state index in [-0.39, 0.29) is 6.42 Å². The monoisotopic (exact) mass is 186 g/mol. The van der Waals surface area contributed by atoms with E-state index in [0.717, 1.165) is 0 Å². The standard InChI is InChI=1S/C8H10O5/c1-8(11-2-3-12-8)5-4-6(9)13-7(5)10/h5H,2-4H2,1H3. The van der Waals surface area contributed by atoms with Crippen molar-refractivity contribution in [2.75, 3.05) is 13.2 Å². The quantitative estimate of drug-likeness (QED) is 0.420. The molecule has 0 radical (unpaired) electrons. The normalized spacial score (nSPS) is 32.2. The molecule has 0 aliphatic carbocycles. The van der Waals surface area contributed by atoms with E-state index in [1.807, 2.05) is 0 Å². The molecule has 0 aromatic carbocycles. The third kappa shape index (κ3) is 1.34. The molecule has 2 aliphatic rings. The van der Waals surface area contributed by atoms with Gasteiger partial charge in [0.2, 0.25) is 0 Å². The van der Waals surface area contributed by atoms with Crippen LogP contribution in [0.5, 0.6) is 0 Å². The van der Waals surface area contributed by atoms with Gasteiger partial charge in [-0.05, 0) is 6.92 Å². The minimum atomic E-state index is -0.969. The van der Waals surface area contributed by atoms with E-state index < -0.39 is 23.6 Å². The van der Waals surface area contributed by atoms with E-state index in [9.17, 15) is 9.59 Å². The van der Waals surface area contributed by atoms with Crippen LogP contribution >= 0.6 is 0 Å². The largest absolute Gasteiger partial charge is 0.393 e. The highest BCUT2D eigenvalue weighted by Crippen LogP contribution is 2.34. The number of esters is 2. The molecule has 0 aromatic rings. The van der Waals surface area contributed by atoms with Crippen LogP contribution in [-0.2, 0) is 23.8 Å². The predicted octanol–water partition coefficient (Wildman–Crippen LogP) is -0.161. The van der Waals surface area contributed by atoms with Gasteiger partial charge in [-0.3, -0.25) is 9.59 Å². The van der Waals surface area contributed by atoms with Gasteiger partial charge >= 0.3 is 11.9 Å². The van der Waals surface area contributed by atoms with Gasteiger partial charge in [-0.25, -0.2) is 0 Å². The molecular weight excluding hydrogens is 176 g/mol. The summed E-state index contributed by atoms with van der Waals surface area (Å²) in [5.41, 5.74) is 0. The third-order valence-corrected chi connectivity index (χ3v) is 2.36. The van der Waals surface area contributed by atoms with Crippen molar-refractivity contribution in [2.45, 2.75) is 19.1 Å². The maximum Gasteiger partial charge on any atom is 0.322 e. The number of cyclic esters (lactones) is 2. The molecule has 72 valence electrons.